The number of amides is 1. The van der Waals surface area contributed by atoms with Crippen LogP contribution in [0.3, 0.4) is 0 Å². The topological polar surface area (TPSA) is 60.8 Å². The van der Waals surface area contributed by atoms with Gasteiger partial charge in [-0.05, 0) is 34.1 Å². The number of aliphatic hydroxyl groups excluding tert-OH is 2. The van der Waals surface area contributed by atoms with Crippen molar-refractivity contribution in [2.75, 3.05) is 26.8 Å². The van der Waals surface area contributed by atoms with E-state index in [1.807, 2.05) is 0 Å². The Morgan fingerprint density at radius 1 is 1.42 bits per heavy atom. The molecular weight excluding hydrogens is 317 g/mol. The lowest BCUT2D eigenvalue weighted by atomic mass is 9.92. The van der Waals surface area contributed by atoms with Gasteiger partial charge in [-0.1, -0.05) is 6.92 Å². The third kappa shape index (κ3) is 3.99. The summed E-state index contributed by atoms with van der Waals surface area (Å²) in [6.07, 6.45) is 0. The Hall–Kier alpha value is -0.980. The van der Waals surface area contributed by atoms with Gasteiger partial charge < -0.3 is 15.1 Å². The average Bonchev–Trinajstić information content (AvgIpc) is 2.40. The maximum atomic E-state index is 13.4. The predicted octanol–water partition coefficient (Wildman–Crippen LogP) is 1.65. The largest absolute Gasteiger partial charge is 0.396 e. The second-order valence-electron chi connectivity index (χ2n) is 4.92. The first-order chi connectivity index (χ1) is 8.83. The van der Waals surface area contributed by atoms with Crippen LogP contribution in [0, 0.1) is 11.2 Å². The second-order valence-corrected chi connectivity index (χ2v) is 5.77. The Bertz CT molecular complexity index is 463. The van der Waals surface area contributed by atoms with Crippen molar-refractivity contribution in [3.63, 3.8) is 0 Å². The molecule has 0 aliphatic heterocycles. The highest BCUT2D eigenvalue weighted by Gasteiger charge is 2.27. The molecule has 0 aliphatic carbocycles. The van der Waals surface area contributed by atoms with E-state index < -0.39 is 11.2 Å². The van der Waals surface area contributed by atoms with E-state index in [1.54, 1.807) is 14.0 Å². The fraction of sp³-hybridized carbons (Fsp3) is 0.462. The minimum absolute atomic E-state index is 0.177. The molecule has 1 aromatic rings. The zero-order valence-corrected chi connectivity index (χ0v) is 12.4. The third-order valence-corrected chi connectivity index (χ3v) is 3.54. The molecule has 2 N–H and O–H groups in total. The van der Waals surface area contributed by atoms with E-state index in [1.165, 1.54) is 17.0 Å². The Labute approximate surface area is 120 Å². The smallest absolute Gasteiger partial charge is 0.253 e. The first-order valence-electron chi connectivity index (χ1n) is 5.75. The Balaban J connectivity index is 2.85. The van der Waals surface area contributed by atoms with E-state index in [9.17, 15) is 19.4 Å². The highest BCUT2D eigenvalue weighted by atomic mass is 79.9. The molecule has 0 spiro atoms. The molecule has 0 saturated carbocycles. The van der Waals surface area contributed by atoms with Crippen molar-refractivity contribution in [1.82, 2.24) is 4.90 Å². The van der Waals surface area contributed by atoms with Gasteiger partial charge in [0.05, 0.1) is 17.7 Å². The lowest BCUT2D eigenvalue weighted by Gasteiger charge is -2.30. The van der Waals surface area contributed by atoms with Crippen molar-refractivity contribution < 1.29 is 19.4 Å². The molecule has 0 radical (unpaired) electrons. The molecule has 0 aliphatic rings. The number of hydrogen-bond donors (Lipinski definition) is 2. The van der Waals surface area contributed by atoms with E-state index in [0.717, 1.165) is 6.07 Å². The van der Waals surface area contributed by atoms with Gasteiger partial charge in [0.2, 0.25) is 0 Å². The molecule has 0 fully saturated rings. The van der Waals surface area contributed by atoms with Gasteiger partial charge in [-0.3, -0.25) is 4.79 Å². The van der Waals surface area contributed by atoms with E-state index in [0.29, 0.717) is 4.47 Å². The second kappa shape index (κ2) is 6.45. The molecule has 0 aromatic heterocycles. The van der Waals surface area contributed by atoms with Gasteiger partial charge in [-0.15, -0.1) is 0 Å². The summed E-state index contributed by atoms with van der Waals surface area (Å²) in [5, 5.41) is 18.4. The van der Waals surface area contributed by atoms with Gasteiger partial charge >= 0.3 is 0 Å². The molecule has 0 unspecified atom stereocenters. The van der Waals surface area contributed by atoms with Crippen molar-refractivity contribution in [2.24, 2.45) is 5.41 Å². The molecule has 106 valence electrons. The fourth-order valence-electron chi connectivity index (χ4n) is 1.64. The molecular formula is C13H17BrFNO3. The lowest BCUT2D eigenvalue weighted by molar-refractivity contribution is 0.0366. The number of hydrogen-bond acceptors (Lipinski definition) is 3. The fourth-order valence-corrected chi connectivity index (χ4v) is 1.89. The van der Waals surface area contributed by atoms with Gasteiger partial charge in [0.1, 0.15) is 5.82 Å². The summed E-state index contributed by atoms with van der Waals surface area (Å²) in [6.45, 7) is 1.36. The van der Waals surface area contributed by atoms with E-state index >= 15 is 0 Å². The summed E-state index contributed by atoms with van der Waals surface area (Å²) >= 11 is 3.02. The van der Waals surface area contributed by atoms with Crippen LogP contribution in [-0.2, 0) is 0 Å². The molecule has 0 heterocycles. The minimum Gasteiger partial charge on any atom is -0.396 e. The summed E-state index contributed by atoms with van der Waals surface area (Å²) in [6, 6.07) is 4.13. The summed E-state index contributed by atoms with van der Waals surface area (Å²) < 4.78 is 13.7. The number of halogens is 2. The van der Waals surface area contributed by atoms with Crippen LogP contribution in [0.4, 0.5) is 4.39 Å². The van der Waals surface area contributed by atoms with E-state index in [2.05, 4.69) is 15.9 Å². The summed E-state index contributed by atoms with van der Waals surface area (Å²) in [7, 11) is 1.55. The number of aliphatic hydroxyl groups is 2. The molecule has 1 amide bonds. The van der Waals surface area contributed by atoms with Crippen molar-refractivity contribution in [1.29, 1.82) is 0 Å². The molecule has 0 atom stereocenters. The van der Waals surface area contributed by atoms with Gasteiger partial charge in [-0.25, -0.2) is 4.39 Å². The number of carbonyl (C=O) groups excluding carboxylic acids is 1. The normalized spacial score (nSPS) is 11.5. The maximum absolute atomic E-state index is 13.4. The van der Waals surface area contributed by atoms with Crippen LogP contribution in [0.2, 0.25) is 0 Å². The minimum atomic E-state index is -0.779. The monoisotopic (exact) mass is 333 g/mol. The summed E-state index contributed by atoms with van der Waals surface area (Å²) in [5.41, 5.74) is -0.556. The van der Waals surface area contributed by atoms with E-state index in [-0.39, 0.29) is 31.2 Å². The van der Waals surface area contributed by atoms with Gasteiger partial charge in [-0.2, -0.15) is 0 Å². The highest BCUT2D eigenvalue weighted by Crippen LogP contribution is 2.20. The Morgan fingerprint density at radius 2 is 2.00 bits per heavy atom. The molecule has 0 bridgehead atoms. The first kappa shape index (κ1) is 16.1. The van der Waals surface area contributed by atoms with Crippen molar-refractivity contribution >= 4 is 21.8 Å². The van der Waals surface area contributed by atoms with Crippen LogP contribution in [0.15, 0.2) is 22.7 Å². The van der Waals surface area contributed by atoms with Crippen molar-refractivity contribution in [3.05, 3.63) is 34.1 Å². The van der Waals surface area contributed by atoms with Gasteiger partial charge in [0.15, 0.2) is 0 Å². The summed E-state index contributed by atoms with van der Waals surface area (Å²) in [5.74, 6) is -0.870. The third-order valence-electron chi connectivity index (χ3n) is 2.90. The number of nitrogens with zero attached hydrogens (tertiary/aromatic N) is 1. The number of carbonyl (C=O) groups is 1. The van der Waals surface area contributed by atoms with Crippen LogP contribution < -0.4 is 0 Å². The zero-order valence-electron chi connectivity index (χ0n) is 10.9. The molecule has 0 saturated heterocycles. The SMILES string of the molecule is CN(CC(C)(CO)CO)C(=O)c1ccc(Br)c(F)c1. The van der Waals surface area contributed by atoms with Crippen molar-refractivity contribution in [3.8, 4) is 0 Å². The predicted molar refractivity (Wildman–Crippen MR) is 73.3 cm³/mol. The molecule has 19 heavy (non-hydrogen) atoms. The summed E-state index contributed by atoms with van der Waals surface area (Å²) in [4.78, 5) is 13.5. The quantitative estimate of drug-likeness (QED) is 0.861. The zero-order chi connectivity index (χ0) is 14.6. The van der Waals surface area contributed by atoms with Crippen molar-refractivity contribution in [2.45, 2.75) is 6.92 Å². The van der Waals surface area contributed by atoms with Crippen LogP contribution in [-0.4, -0.2) is 47.8 Å². The first-order valence-corrected chi connectivity index (χ1v) is 6.54. The van der Waals surface area contributed by atoms with E-state index in [4.69, 9.17) is 0 Å². The van der Waals surface area contributed by atoms with Crippen LogP contribution in [0.1, 0.15) is 17.3 Å². The lowest BCUT2D eigenvalue weighted by Crippen LogP contribution is -2.41. The molecule has 4 nitrogen and oxygen atoms in total. The Morgan fingerprint density at radius 3 is 2.47 bits per heavy atom. The van der Waals surface area contributed by atoms with Gasteiger partial charge in [0, 0.05) is 24.6 Å². The maximum Gasteiger partial charge on any atom is 0.253 e. The van der Waals surface area contributed by atoms with Crippen LogP contribution >= 0.6 is 15.9 Å². The highest BCUT2D eigenvalue weighted by molar-refractivity contribution is 9.10. The molecule has 6 heteroatoms. The standard InChI is InChI=1S/C13H17BrFNO3/c1-13(7-17,8-18)6-16(2)12(19)9-3-4-10(14)11(15)5-9/h3-5,17-18H,6-8H2,1-2H3. The number of benzene rings is 1. The van der Waals surface area contributed by atoms with Gasteiger partial charge in [0.25, 0.3) is 5.91 Å². The molecule has 1 aromatic carbocycles. The average molecular weight is 334 g/mol. The Kier molecular flexibility index (Phi) is 5.46. The van der Waals surface area contributed by atoms with Crippen LogP contribution in [0.5, 0.6) is 0 Å². The van der Waals surface area contributed by atoms with Crippen LogP contribution in [0.25, 0.3) is 0 Å². The number of rotatable bonds is 5. The molecule has 1 rings (SSSR count).